The molecule has 0 amide bonds. The number of benzene rings is 3. The van der Waals surface area contributed by atoms with E-state index in [1.54, 1.807) is 33.5 Å². The predicted molar refractivity (Wildman–Crippen MR) is 141 cm³/mol. The van der Waals surface area contributed by atoms with E-state index in [-0.39, 0.29) is 6.61 Å². The topological polar surface area (TPSA) is 81.7 Å². The van der Waals surface area contributed by atoms with Crippen LogP contribution in [0.4, 0.5) is 4.79 Å². The van der Waals surface area contributed by atoms with E-state index in [1.807, 2.05) is 61.5 Å². The van der Waals surface area contributed by atoms with Gasteiger partial charge >= 0.3 is 6.16 Å². The SMILES string of the molecule is CCO[C@]12Oc3cc(OC)cc(OC)c3C1=C(c1ccc(OC)cc1)[C@H](c1ccccc1)[C@@H]2OC(=O)OC. The summed E-state index contributed by atoms with van der Waals surface area (Å²) in [6, 6.07) is 21.1. The molecule has 0 N–H and O–H groups in total. The van der Waals surface area contributed by atoms with Gasteiger partial charge in [-0.25, -0.2) is 4.79 Å². The van der Waals surface area contributed by atoms with Crippen LogP contribution in [0.1, 0.15) is 29.5 Å². The lowest BCUT2D eigenvalue weighted by Gasteiger charge is -2.34. The van der Waals surface area contributed by atoms with Crippen molar-refractivity contribution in [3.8, 4) is 23.0 Å². The van der Waals surface area contributed by atoms with Crippen LogP contribution in [-0.2, 0) is 14.2 Å². The molecule has 0 saturated heterocycles. The summed E-state index contributed by atoms with van der Waals surface area (Å²) in [6.45, 7) is 2.16. The van der Waals surface area contributed by atoms with Gasteiger partial charge in [-0.3, -0.25) is 0 Å². The minimum Gasteiger partial charge on any atom is -0.497 e. The van der Waals surface area contributed by atoms with E-state index < -0.39 is 24.0 Å². The number of carbonyl (C=O) groups is 1. The van der Waals surface area contributed by atoms with Gasteiger partial charge in [0.15, 0.2) is 6.10 Å². The average Bonchev–Trinajstić information content (AvgIpc) is 3.41. The van der Waals surface area contributed by atoms with Gasteiger partial charge < -0.3 is 33.2 Å². The molecule has 8 heteroatoms. The Hall–Kier alpha value is -4.17. The molecule has 1 heterocycles. The predicted octanol–water partition coefficient (Wildman–Crippen LogP) is 5.70. The van der Waals surface area contributed by atoms with Crippen molar-refractivity contribution in [1.82, 2.24) is 0 Å². The van der Waals surface area contributed by atoms with Gasteiger partial charge in [0.2, 0.25) is 0 Å². The average molecular weight is 519 g/mol. The Balaban J connectivity index is 1.87. The minimum atomic E-state index is -1.47. The lowest BCUT2D eigenvalue weighted by molar-refractivity contribution is -0.191. The number of hydrogen-bond donors (Lipinski definition) is 0. The molecule has 5 rings (SSSR count). The van der Waals surface area contributed by atoms with Crippen molar-refractivity contribution in [2.24, 2.45) is 0 Å². The highest BCUT2D eigenvalue weighted by Gasteiger charge is 2.65. The number of methoxy groups -OCH3 is 4. The monoisotopic (exact) mass is 518 g/mol. The maximum atomic E-state index is 12.7. The maximum Gasteiger partial charge on any atom is 0.508 e. The Bertz CT molecular complexity index is 1350. The van der Waals surface area contributed by atoms with Crippen molar-refractivity contribution in [3.63, 3.8) is 0 Å². The van der Waals surface area contributed by atoms with Crippen molar-refractivity contribution in [2.75, 3.05) is 35.0 Å². The molecule has 8 nitrogen and oxygen atoms in total. The van der Waals surface area contributed by atoms with Crippen molar-refractivity contribution in [3.05, 3.63) is 83.4 Å². The van der Waals surface area contributed by atoms with Crippen LogP contribution in [0.3, 0.4) is 0 Å². The summed E-state index contributed by atoms with van der Waals surface area (Å²) in [7, 11) is 6.07. The molecule has 3 atom stereocenters. The van der Waals surface area contributed by atoms with Gasteiger partial charge in [0, 0.05) is 24.3 Å². The van der Waals surface area contributed by atoms with E-state index in [0.717, 1.165) is 28.0 Å². The van der Waals surface area contributed by atoms with Crippen molar-refractivity contribution in [2.45, 2.75) is 24.7 Å². The van der Waals surface area contributed by atoms with Crippen LogP contribution in [-0.4, -0.2) is 53.1 Å². The van der Waals surface area contributed by atoms with Gasteiger partial charge in [0.05, 0.1) is 39.9 Å². The molecule has 3 aromatic carbocycles. The molecule has 1 aliphatic heterocycles. The van der Waals surface area contributed by atoms with Gasteiger partial charge in [-0.15, -0.1) is 0 Å². The summed E-state index contributed by atoms with van der Waals surface area (Å²) in [4.78, 5) is 12.7. The molecule has 2 aliphatic rings. The van der Waals surface area contributed by atoms with Crippen molar-refractivity contribution >= 4 is 17.3 Å². The second kappa shape index (κ2) is 10.3. The van der Waals surface area contributed by atoms with E-state index in [1.165, 1.54) is 7.11 Å². The second-order valence-corrected chi connectivity index (χ2v) is 8.80. The molecule has 0 spiro atoms. The Kier molecular flexibility index (Phi) is 6.91. The van der Waals surface area contributed by atoms with Crippen molar-refractivity contribution in [1.29, 1.82) is 0 Å². The first-order valence-electron chi connectivity index (χ1n) is 12.3. The summed E-state index contributed by atoms with van der Waals surface area (Å²) in [5.41, 5.74) is 4.13. The van der Waals surface area contributed by atoms with E-state index in [9.17, 15) is 4.79 Å². The standard InChI is InChI=1S/C30H30O8/c1-6-36-30-27(26-22(34-4)16-21(33-3)17-23(26)38-30)24(19-12-14-20(32-2)15-13-19)25(18-10-8-7-9-11-18)28(30)37-29(31)35-5/h7-17,25,28H,6H2,1-5H3/t25-,28-,30-/m0/s1. The van der Waals surface area contributed by atoms with E-state index in [2.05, 4.69) is 0 Å². The van der Waals surface area contributed by atoms with Crippen LogP contribution < -0.4 is 18.9 Å². The van der Waals surface area contributed by atoms with E-state index in [0.29, 0.717) is 22.8 Å². The van der Waals surface area contributed by atoms with Crippen LogP contribution in [0, 0.1) is 0 Å². The van der Waals surface area contributed by atoms with Gasteiger partial charge in [-0.05, 0) is 35.8 Å². The molecule has 3 aromatic rings. The number of carbonyl (C=O) groups excluding carboxylic acids is 1. The summed E-state index contributed by atoms with van der Waals surface area (Å²) >= 11 is 0. The fourth-order valence-corrected chi connectivity index (χ4v) is 5.40. The smallest absolute Gasteiger partial charge is 0.497 e. The molecular weight excluding hydrogens is 488 g/mol. The fourth-order valence-electron chi connectivity index (χ4n) is 5.40. The highest BCUT2D eigenvalue weighted by Crippen LogP contribution is 2.64. The fraction of sp³-hybridized carbons (Fsp3) is 0.300. The third kappa shape index (κ3) is 4.01. The number of hydrogen-bond acceptors (Lipinski definition) is 8. The molecular formula is C30H30O8. The third-order valence-corrected chi connectivity index (χ3v) is 6.92. The lowest BCUT2D eigenvalue weighted by atomic mass is 9.85. The number of fused-ring (bicyclic) bond motifs is 3. The zero-order chi connectivity index (χ0) is 26.9. The van der Waals surface area contributed by atoms with Crippen LogP contribution >= 0.6 is 0 Å². The molecule has 0 unspecified atom stereocenters. The van der Waals surface area contributed by atoms with Crippen LogP contribution in [0.5, 0.6) is 23.0 Å². The Morgan fingerprint density at radius 3 is 2.21 bits per heavy atom. The molecule has 198 valence electrons. The van der Waals surface area contributed by atoms with Gasteiger partial charge in [0.25, 0.3) is 5.79 Å². The lowest BCUT2D eigenvalue weighted by Crippen LogP contribution is -2.49. The largest absolute Gasteiger partial charge is 0.508 e. The molecule has 0 radical (unpaired) electrons. The van der Waals surface area contributed by atoms with Gasteiger partial charge in [-0.2, -0.15) is 0 Å². The summed E-state index contributed by atoms with van der Waals surface area (Å²) in [6.07, 6.45) is -1.76. The first-order valence-corrected chi connectivity index (χ1v) is 12.3. The zero-order valence-electron chi connectivity index (χ0n) is 22.0. The Morgan fingerprint density at radius 2 is 1.61 bits per heavy atom. The molecule has 0 saturated carbocycles. The van der Waals surface area contributed by atoms with Gasteiger partial charge in [0.1, 0.15) is 23.0 Å². The number of rotatable bonds is 8. The molecule has 0 fully saturated rings. The zero-order valence-corrected chi connectivity index (χ0v) is 22.0. The Labute approximate surface area is 221 Å². The second-order valence-electron chi connectivity index (χ2n) is 8.80. The molecule has 1 aliphatic carbocycles. The first kappa shape index (κ1) is 25.5. The van der Waals surface area contributed by atoms with Crippen LogP contribution in [0.15, 0.2) is 66.7 Å². The molecule has 0 aromatic heterocycles. The first-order chi connectivity index (χ1) is 18.5. The quantitative estimate of drug-likeness (QED) is 0.352. The number of ether oxygens (including phenoxy) is 7. The maximum absolute atomic E-state index is 12.7. The van der Waals surface area contributed by atoms with Gasteiger partial charge in [-0.1, -0.05) is 42.5 Å². The summed E-state index contributed by atoms with van der Waals surface area (Å²) < 4.78 is 40.8. The Morgan fingerprint density at radius 1 is 0.895 bits per heavy atom. The highest BCUT2D eigenvalue weighted by molar-refractivity contribution is 6.05. The minimum absolute atomic E-state index is 0.287. The normalized spacial score (nSPS) is 21.3. The van der Waals surface area contributed by atoms with E-state index >= 15 is 0 Å². The molecule has 38 heavy (non-hydrogen) atoms. The summed E-state index contributed by atoms with van der Waals surface area (Å²) in [5.74, 6) is 0.403. The third-order valence-electron chi connectivity index (χ3n) is 6.92. The molecule has 0 bridgehead atoms. The van der Waals surface area contributed by atoms with Crippen LogP contribution in [0.2, 0.25) is 0 Å². The van der Waals surface area contributed by atoms with Crippen LogP contribution in [0.25, 0.3) is 11.1 Å². The highest BCUT2D eigenvalue weighted by atomic mass is 16.8. The summed E-state index contributed by atoms with van der Waals surface area (Å²) in [5, 5.41) is 0. The van der Waals surface area contributed by atoms with E-state index in [4.69, 9.17) is 33.2 Å². The van der Waals surface area contributed by atoms with Crippen molar-refractivity contribution < 1.29 is 38.0 Å².